The van der Waals surface area contributed by atoms with Gasteiger partial charge in [-0.2, -0.15) is 0 Å². The molecule has 0 aliphatic carbocycles. The van der Waals surface area contributed by atoms with Crippen molar-refractivity contribution in [1.82, 2.24) is 14.8 Å². The summed E-state index contributed by atoms with van der Waals surface area (Å²) in [6.07, 6.45) is 4.16. The summed E-state index contributed by atoms with van der Waals surface area (Å²) in [6.45, 7) is 1.36. The first-order valence-electron chi connectivity index (χ1n) is 10.1. The number of rotatable bonds is 5. The minimum Gasteiger partial charge on any atom is -0.341 e. The van der Waals surface area contributed by atoms with E-state index in [4.69, 9.17) is 5.73 Å². The number of hydrogen-bond donors (Lipinski definition) is 1. The normalized spacial score (nSPS) is 21.6. The minimum absolute atomic E-state index is 0.0439. The van der Waals surface area contributed by atoms with Gasteiger partial charge in [0.25, 0.3) is 5.91 Å². The van der Waals surface area contributed by atoms with Crippen molar-refractivity contribution >= 4 is 23.5 Å². The highest BCUT2D eigenvalue weighted by molar-refractivity contribution is 6.23. The number of aromatic nitrogens is 1. The van der Waals surface area contributed by atoms with Gasteiger partial charge in [0, 0.05) is 45.2 Å². The average molecular weight is 407 g/mol. The van der Waals surface area contributed by atoms with Gasteiger partial charge in [-0.1, -0.05) is 30.3 Å². The van der Waals surface area contributed by atoms with Crippen LogP contribution >= 0.6 is 0 Å². The lowest BCUT2D eigenvalue weighted by molar-refractivity contribution is -0.131. The third-order valence-electron chi connectivity index (χ3n) is 5.88. The summed E-state index contributed by atoms with van der Waals surface area (Å²) in [6, 6.07) is 12.7. The second kappa shape index (κ2) is 8.23. The summed E-state index contributed by atoms with van der Waals surface area (Å²) in [5.74, 6) is -0.310. The predicted octanol–water partition coefficient (Wildman–Crippen LogP) is 1.41. The summed E-state index contributed by atoms with van der Waals surface area (Å²) < 4.78 is 0. The number of pyridine rings is 1. The topological polar surface area (TPSA) is 99.8 Å². The third-order valence-corrected chi connectivity index (χ3v) is 5.88. The largest absolute Gasteiger partial charge is 0.341 e. The number of urea groups is 1. The molecule has 0 bridgehead atoms. The lowest BCUT2D eigenvalue weighted by Gasteiger charge is -2.33. The van der Waals surface area contributed by atoms with Crippen LogP contribution in [0.2, 0.25) is 0 Å². The molecule has 3 heterocycles. The van der Waals surface area contributed by atoms with Crippen molar-refractivity contribution in [2.45, 2.75) is 24.8 Å². The van der Waals surface area contributed by atoms with Gasteiger partial charge < -0.3 is 15.5 Å². The number of amides is 4. The first-order valence-corrected chi connectivity index (χ1v) is 10.1. The molecule has 0 saturated carbocycles. The maximum Gasteiger partial charge on any atom is 0.332 e. The van der Waals surface area contributed by atoms with Gasteiger partial charge >= 0.3 is 6.03 Å². The van der Waals surface area contributed by atoms with Crippen LogP contribution in [0.3, 0.4) is 0 Å². The first kappa shape index (κ1) is 20.0. The molecule has 1 aromatic carbocycles. The molecule has 2 fully saturated rings. The Kier molecular flexibility index (Phi) is 5.50. The van der Waals surface area contributed by atoms with E-state index in [-0.39, 0.29) is 30.8 Å². The Labute approximate surface area is 175 Å². The molecule has 156 valence electrons. The number of fused-ring (bicyclic) bond motifs is 1. The summed E-state index contributed by atoms with van der Waals surface area (Å²) in [5.41, 5.74) is 5.94. The fourth-order valence-corrected chi connectivity index (χ4v) is 4.36. The number of anilines is 1. The van der Waals surface area contributed by atoms with Crippen LogP contribution in [0.15, 0.2) is 54.9 Å². The zero-order chi connectivity index (χ0) is 21.1. The average Bonchev–Trinajstić information content (AvgIpc) is 2.88. The standard InChI is InChI=1S/C22H25N5O3/c23-10-8-19(28)25-12-9-22(15-17-5-2-1-3-6-17)20(29)27(18-7-4-11-24-16-18)21(30)26(22)14-13-25/h1-7,11,16H,8-10,12-15,23H2. The maximum atomic E-state index is 13.7. The zero-order valence-corrected chi connectivity index (χ0v) is 16.7. The number of carbonyl (C=O) groups is 3. The Bertz CT molecular complexity index is 936. The molecule has 2 aliphatic rings. The highest BCUT2D eigenvalue weighted by Gasteiger charge is 2.58. The van der Waals surface area contributed by atoms with E-state index >= 15 is 0 Å². The molecular formula is C22H25N5O3. The number of nitrogens with two attached hydrogens (primary N) is 1. The molecule has 30 heavy (non-hydrogen) atoms. The summed E-state index contributed by atoms with van der Waals surface area (Å²) in [4.78, 5) is 48.2. The van der Waals surface area contributed by atoms with Gasteiger partial charge in [0.15, 0.2) is 0 Å². The second-order valence-corrected chi connectivity index (χ2v) is 7.65. The molecule has 8 heteroatoms. The number of benzene rings is 1. The van der Waals surface area contributed by atoms with Crippen LogP contribution in [0.1, 0.15) is 18.4 Å². The monoisotopic (exact) mass is 407 g/mol. The SMILES string of the molecule is NCCC(=O)N1CCN2C(=O)N(c3cccnc3)C(=O)C2(Cc2ccccc2)CC1. The van der Waals surface area contributed by atoms with Crippen molar-refractivity contribution in [3.05, 3.63) is 60.4 Å². The molecule has 2 aliphatic heterocycles. The van der Waals surface area contributed by atoms with Crippen LogP contribution < -0.4 is 10.6 Å². The molecule has 1 aromatic heterocycles. The number of hydrogen-bond acceptors (Lipinski definition) is 5. The number of imide groups is 1. The van der Waals surface area contributed by atoms with Crippen LogP contribution in [0.25, 0.3) is 0 Å². The first-order chi connectivity index (χ1) is 14.6. The van der Waals surface area contributed by atoms with Gasteiger partial charge in [-0.3, -0.25) is 14.6 Å². The van der Waals surface area contributed by atoms with E-state index in [9.17, 15) is 14.4 Å². The summed E-state index contributed by atoms with van der Waals surface area (Å²) >= 11 is 0. The van der Waals surface area contributed by atoms with Crippen LogP contribution in [0, 0.1) is 0 Å². The minimum atomic E-state index is -1.04. The van der Waals surface area contributed by atoms with Crippen LogP contribution in [0.5, 0.6) is 0 Å². The molecule has 1 unspecified atom stereocenters. The van der Waals surface area contributed by atoms with E-state index in [0.717, 1.165) is 5.56 Å². The van der Waals surface area contributed by atoms with Crippen LogP contribution in [-0.4, -0.2) is 64.3 Å². The third kappa shape index (κ3) is 3.43. The van der Waals surface area contributed by atoms with E-state index in [1.807, 2.05) is 30.3 Å². The molecule has 2 saturated heterocycles. The Morgan fingerprint density at radius 1 is 1.07 bits per heavy atom. The van der Waals surface area contributed by atoms with Crippen molar-refractivity contribution in [1.29, 1.82) is 0 Å². The van der Waals surface area contributed by atoms with Gasteiger partial charge in [0.2, 0.25) is 5.91 Å². The van der Waals surface area contributed by atoms with Crippen molar-refractivity contribution in [2.75, 3.05) is 31.1 Å². The van der Waals surface area contributed by atoms with Crippen LogP contribution in [-0.2, 0) is 16.0 Å². The number of carbonyl (C=O) groups excluding carboxylic acids is 3. The van der Waals surface area contributed by atoms with Gasteiger partial charge in [-0.25, -0.2) is 9.69 Å². The van der Waals surface area contributed by atoms with Gasteiger partial charge in [-0.05, 0) is 24.1 Å². The number of nitrogens with zero attached hydrogens (tertiary/aromatic N) is 4. The fourth-order valence-electron chi connectivity index (χ4n) is 4.36. The van der Waals surface area contributed by atoms with Crippen molar-refractivity contribution in [3.8, 4) is 0 Å². The van der Waals surface area contributed by atoms with Gasteiger partial charge in [0.05, 0.1) is 11.9 Å². The molecule has 1 atom stereocenters. The lowest BCUT2D eigenvalue weighted by atomic mass is 9.86. The summed E-state index contributed by atoms with van der Waals surface area (Å²) in [7, 11) is 0. The van der Waals surface area contributed by atoms with E-state index in [0.29, 0.717) is 38.2 Å². The molecular weight excluding hydrogens is 382 g/mol. The Hall–Kier alpha value is -3.26. The van der Waals surface area contributed by atoms with E-state index < -0.39 is 5.54 Å². The Balaban J connectivity index is 1.71. The van der Waals surface area contributed by atoms with E-state index in [1.54, 1.807) is 28.1 Å². The molecule has 8 nitrogen and oxygen atoms in total. The highest BCUT2D eigenvalue weighted by atomic mass is 16.2. The van der Waals surface area contributed by atoms with Gasteiger partial charge in [-0.15, -0.1) is 0 Å². The van der Waals surface area contributed by atoms with Crippen LogP contribution in [0.4, 0.5) is 10.5 Å². The summed E-state index contributed by atoms with van der Waals surface area (Å²) in [5, 5.41) is 0. The fraction of sp³-hybridized carbons (Fsp3) is 0.364. The predicted molar refractivity (Wildman–Crippen MR) is 112 cm³/mol. The van der Waals surface area contributed by atoms with Crippen molar-refractivity contribution in [2.24, 2.45) is 5.73 Å². The molecule has 2 aromatic rings. The molecule has 4 rings (SSSR count). The van der Waals surface area contributed by atoms with E-state index in [1.165, 1.54) is 11.1 Å². The second-order valence-electron chi connectivity index (χ2n) is 7.65. The maximum absolute atomic E-state index is 13.7. The molecule has 4 amide bonds. The smallest absolute Gasteiger partial charge is 0.332 e. The zero-order valence-electron chi connectivity index (χ0n) is 16.7. The van der Waals surface area contributed by atoms with Crippen molar-refractivity contribution < 1.29 is 14.4 Å². The molecule has 0 radical (unpaired) electrons. The molecule has 0 spiro atoms. The molecule has 2 N–H and O–H groups in total. The van der Waals surface area contributed by atoms with E-state index in [2.05, 4.69) is 4.98 Å². The van der Waals surface area contributed by atoms with Gasteiger partial charge in [0.1, 0.15) is 5.54 Å². The van der Waals surface area contributed by atoms with Crippen molar-refractivity contribution in [3.63, 3.8) is 0 Å². The quantitative estimate of drug-likeness (QED) is 0.756. The highest BCUT2D eigenvalue weighted by Crippen LogP contribution is 2.38. The Morgan fingerprint density at radius 2 is 1.87 bits per heavy atom. The Morgan fingerprint density at radius 3 is 2.57 bits per heavy atom. The lowest BCUT2D eigenvalue weighted by Crippen LogP contribution is -2.51.